The number of nitrogens with zero attached hydrogens (tertiary/aromatic N) is 2. The van der Waals surface area contributed by atoms with Crippen molar-refractivity contribution in [1.82, 2.24) is 9.55 Å². The number of hydrogen-bond acceptors (Lipinski definition) is 5. The highest BCUT2D eigenvalue weighted by Crippen LogP contribution is 2.31. The van der Waals surface area contributed by atoms with Crippen LogP contribution >= 0.6 is 0 Å². The third kappa shape index (κ3) is 4.44. The molecule has 0 bridgehead atoms. The van der Waals surface area contributed by atoms with Gasteiger partial charge in [-0.05, 0) is 23.3 Å². The molecule has 0 fully saturated rings. The summed E-state index contributed by atoms with van der Waals surface area (Å²) in [5.74, 6) is 1.24. The van der Waals surface area contributed by atoms with E-state index in [4.69, 9.17) is 4.74 Å². The van der Waals surface area contributed by atoms with Crippen LogP contribution < -0.4 is 15.6 Å². The Labute approximate surface area is 186 Å². The van der Waals surface area contributed by atoms with Gasteiger partial charge in [-0.15, -0.1) is 0 Å². The van der Waals surface area contributed by atoms with E-state index in [0.717, 1.165) is 28.0 Å². The number of aromatic nitrogens is 2. The van der Waals surface area contributed by atoms with Crippen molar-refractivity contribution < 1.29 is 9.53 Å². The molecule has 3 aromatic carbocycles. The first-order valence-electron chi connectivity index (χ1n) is 10.3. The minimum Gasteiger partial charge on any atom is -0.496 e. The molecule has 0 atom stereocenters. The number of nitrogens with one attached hydrogen (secondary N) is 1. The standard InChI is InChI=1S/C26H23N3O3/c1-32-24-13-12-19(16-22(24)20-8-4-2-5-9-20)17-27-23-18-28-25(21-10-6-3-7-11-21)29(14-15-30)26(23)31/h2-13,15-16,18,27H,14,17H2,1H3. The molecule has 0 spiro atoms. The van der Waals surface area contributed by atoms with E-state index in [1.807, 2.05) is 78.9 Å². The number of hydrogen-bond donors (Lipinski definition) is 1. The lowest BCUT2D eigenvalue weighted by Crippen LogP contribution is -2.26. The molecule has 4 rings (SSSR count). The Kier molecular flexibility index (Phi) is 6.41. The molecule has 1 heterocycles. The Balaban J connectivity index is 1.62. The van der Waals surface area contributed by atoms with Gasteiger partial charge in [0.25, 0.3) is 5.56 Å². The van der Waals surface area contributed by atoms with Crippen LogP contribution in [0.25, 0.3) is 22.5 Å². The van der Waals surface area contributed by atoms with E-state index in [2.05, 4.69) is 10.3 Å². The van der Waals surface area contributed by atoms with Crippen molar-refractivity contribution >= 4 is 12.0 Å². The Morgan fingerprint density at radius 2 is 1.66 bits per heavy atom. The number of rotatable bonds is 8. The maximum Gasteiger partial charge on any atom is 0.277 e. The van der Waals surface area contributed by atoms with Gasteiger partial charge in [-0.25, -0.2) is 4.98 Å². The lowest BCUT2D eigenvalue weighted by Gasteiger charge is -2.14. The van der Waals surface area contributed by atoms with Crippen molar-refractivity contribution in [3.05, 3.63) is 101 Å². The van der Waals surface area contributed by atoms with Crippen LogP contribution in [0.4, 0.5) is 5.69 Å². The number of ether oxygens (including phenoxy) is 1. The molecule has 32 heavy (non-hydrogen) atoms. The average molecular weight is 425 g/mol. The molecule has 6 heteroatoms. The van der Waals surface area contributed by atoms with Crippen molar-refractivity contribution in [3.8, 4) is 28.3 Å². The van der Waals surface area contributed by atoms with E-state index in [0.29, 0.717) is 24.3 Å². The molecular weight excluding hydrogens is 402 g/mol. The first-order valence-corrected chi connectivity index (χ1v) is 10.3. The number of benzene rings is 3. The molecule has 1 N–H and O–H groups in total. The summed E-state index contributed by atoms with van der Waals surface area (Å²) in [6.07, 6.45) is 2.22. The predicted molar refractivity (Wildman–Crippen MR) is 126 cm³/mol. The second-order valence-electron chi connectivity index (χ2n) is 7.20. The maximum atomic E-state index is 13.0. The van der Waals surface area contributed by atoms with Gasteiger partial charge in [0, 0.05) is 17.7 Å². The highest BCUT2D eigenvalue weighted by Gasteiger charge is 2.12. The summed E-state index contributed by atoms with van der Waals surface area (Å²) in [6, 6.07) is 25.2. The largest absolute Gasteiger partial charge is 0.496 e. The van der Waals surface area contributed by atoms with Gasteiger partial charge >= 0.3 is 0 Å². The molecule has 0 unspecified atom stereocenters. The van der Waals surface area contributed by atoms with Gasteiger partial charge in [0.05, 0.1) is 19.9 Å². The van der Waals surface area contributed by atoms with Crippen LogP contribution in [-0.4, -0.2) is 22.9 Å². The third-order valence-electron chi connectivity index (χ3n) is 5.17. The molecule has 0 aliphatic rings. The van der Waals surface area contributed by atoms with Crippen LogP contribution in [0.3, 0.4) is 0 Å². The Bertz CT molecular complexity index is 1270. The zero-order valence-corrected chi connectivity index (χ0v) is 17.7. The molecule has 0 amide bonds. The summed E-state index contributed by atoms with van der Waals surface area (Å²) in [7, 11) is 1.65. The molecule has 4 aromatic rings. The van der Waals surface area contributed by atoms with Crippen molar-refractivity contribution in [2.24, 2.45) is 0 Å². The average Bonchev–Trinajstić information content (AvgIpc) is 2.85. The summed E-state index contributed by atoms with van der Waals surface area (Å²) in [4.78, 5) is 28.7. The SMILES string of the molecule is COc1ccc(CNc2cnc(-c3ccccc3)n(CC=O)c2=O)cc1-c1ccccc1. The molecule has 6 nitrogen and oxygen atoms in total. The molecule has 0 radical (unpaired) electrons. The van der Waals surface area contributed by atoms with Gasteiger partial charge in [0.1, 0.15) is 23.5 Å². The molecule has 0 aliphatic carbocycles. The van der Waals surface area contributed by atoms with Crippen LogP contribution in [-0.2, 0) is 17.9 Å². The van der Waals surface area contributed by atoms with Crippen LogP contribution in [0.15, 0.2) is 89.9 Å². The fourth-order valence-corrected chi connectivity index (χ4v) is 3.58. The highest BCUT2D eigenvalue weighted by atomic mass is 16.5. The monoisotopic (exact) mass is 425 g/mol. The molecule has 0 aliphatic heterocycles. The molecule has 160 valence electrons. The number of anilines is 1. The topological polar surface area (TPSA) is 73.2 Å². The van der Waals surface area contributed by atoms with Gasteiger partial charge in [-0.3, -0.25) is 9.36 Å². The van der Waals surface area contributed by atoms with Gasteiger partial charge in [0.2, 0.25) is 0 Å². The van der Waals surface area contributed by atoms with Gasteiger partial charge < -0.3 is 14.8 Å². The van der Waals surface area contributed by atoms with E-state index in [1.54, 1.807) is 7.11 Å². The number of carbonyl (C=O) groups excluding carboxylic acids is 1. The maximum absolute atomic E-state index is 13.0. The normalized spacial score (nSPS) is 10.5. The van der Waals surface area contributed by atoms with Gasteiger partial charge in [0.15, 0.2) is 0 Å². The second-order valence-corrected chi connectivity index (χ2v) is 7.20. The van der Waals surface area contributed by atoms with Crippen LogP contribution in [0, 0.1) is 0 Å². The predicted octanol–water partition coefficient (Wildman–Crippen LogP) is 4.40. The van der Waals surface area contributed by atoms with E-state index < -0.39 is 0 Å². The third-order valence-corrected chi connectivity index (χ3v) is 5.17. The van der Waals surface area contributed by atoms with E-state index >= 15 is 0 Å². The summed E-state index contributed by atoms with van der Waals surface area (Å²) in [6.45, 7) is 0.360. The quantitative estimate of drug-likeness (QED) is 0.424. The van der Waals surface area contributed by atoms with Crippen LogP contribution in [0.5, 0.6) is 5.75 Å². The Morgan fingerprint density at radius 1 is 0.969 bits per heavy atom. The van der Waals surface area contributed by atoms with Crippen molar-refractivity contribution in [3.63, 3.8) is 0 Å². The fraction of sp³-hybridized carbons (Fsp3) is 0.115. The minimum absolute atomic E-state index is 0.0632. The van der Waals surface area contributed by atoms with Gasteiger partial charge in [-0.2, -0.15) is 0 Å². The van der Waals surface area contributed by atoms with E-state index in [1.165, 1.54) is 10.8 Å². The molecular formula is C26H23N3O3. The van der Waals surface area contributed by atoms with E-state index in [9.17, 15) is 9.59 Å². The zero-order valence-electron chi connectivity index (χ0n) is 17.7. The Morgan fingerprint density at radius 3 is 2.31 bits per heavy atom. The molecule has 0 saturated heterocycles. The first kappa shape index (κ1) is 21.1. The Hall–Kier alpha value is -4.19. The molecule has 1 aromatic heterocycles. The lowest BCUT2D eigenvalue weighted by molar-refractivity contribution is -0.108. The smallest absolute Gasteiger partial charge is 0.277 e. The number of aldehydes is 1. The number of methoxy groups -OCH3 is 1. The van der Waals surface area contributed by atoms with Crippen molar-refractivity contribution in [2.75, 3.05) is 12.4 Å². The van der Waals surface area contributed by atoms with Crippen molar-refractivity contribution in [1.29, 1.82) is 0 Å². The van der Waals surface area contributed by atoms with E-state index in [-0.39, 0.29) is 12.1 Å². The zero-order chi connectivity index (χ0) is 22.3. The summed E-state index contributed by atoms with van der Waals surface area (Å²) in [5.41, 5.74) is 3.84. The van der Waals surface area contributed by atoms with Crippen LogP contribution in [0.1, 0.15) is 5.56 Å². The highest BCUT2D eigenvalue weighted by molar-refractivity contribution is 5.71. The number of carbonyl (C=O) groups is 1. The summed E-state index contributed by atoms with van der Waals surface area (Å²) in [5, 5.41) is 3.17. The summed E-state index contributed by atoms with van der Waals surface area (Å²) >= 11 is 0. The minimum atomic E-state index is -0.289. The second kappa shape index (κ2) is 9.75. The van der Waals surface area contributed by atoms with Crippen LogP contribution in [0.2, 0.25) is 0 Å². The van der Waals surface area contributed by atoms with Gasteiger partial charge in [-0.1, -0.05) is 66.7 Å². The molecule has 0 saturated carbocycles. The van der Waals surface area contributed by atoms with Crippen molar-refractivity contribution in [2.45, 2.75) is 13.1 Å². The summed E-state index contributed by atoms with van der Waals surface area (Å²) < 4.78 is 6.90. The first-order chi connectivity index (χ1) is 15.7. The lowest BCUT2D eigenvalue weighted by atomic mass is 10.0. The fourth-order valence-electron chi connectivity index (χ4n) is 3.58.